The first kappa shape index (κ1) is 11.1. The third-order valence-corrected chi connectivity index (χ3v) is 6.39. The standard InChI is InChI=1S/C13H19BrO2/c1-11-2-9-3-12(5-11,8-14)7-13(4-9,6-11)10(15)16/h9H,2-8H2,1H3,(H,15,16)/t9-,11-,12-,13-/m1/s1. The quantitative estimate of drug-likeness (QED) is 0.790. The Morgan fingerprint density at radius 2 is 2.06 bits per heavy atom. The van der Waals surface area contributed by atoms with Gasteiger partial charge in [-0.2, -0.15) is 0 Å². The Bertz CT molecular complexity index is 356. The van der Waals surface area contributed by atoms with Crippen molar-refractivity contribution in [2.45, 2.75) is 45.4 Å². The SMILES string of the molecule is C[C@@]12C[C@@H]3C[C@@](CBr)(C1)C[C@@](C(=O)O)(C3)C2. The lowest BCUT2D eigenvalue weighted by atomic mass is 9.40. The van der Waals surface area contributed by atoms with Crippen LogP contribution in [0.2, 0.25) is 0 Å². The molecule has 0 aromatic heterocycles. The van der Waals surface area contributed by atoms with Crippen LogP contribution in [0.25, 0.3) is 0 Å². The number of hydrogen-bond donors (Lipinski definition) is 1. The minimum Gasteiger partial charge on any atom is -0.481 e. The Labute approximate surface area is 105 Å². The third kappa shape index (κ3) is 1.33. The molecule has 0 spiro atoms. The highest BCUT2D eigenvalue weighted by Crippen LogP contribution is 2.69. The van der Waals surface area contributed by atoms with E-state index in [0.717, 1.165) is 24.6 Å². The summed E-state index contributed by atoms with van der Waals surface area (Å²) in [5, 5.41) is 10.6. The van der Waals surface area contributed by atoms with Crippen molar-refractivity contribution < 1.29 is 9.90 Å². The molecule has 2 nitrogen and oxygen atoms in total. The number of rotatable bonds is 2. The minimum absolute atomic E-state index is 0.284. The van der Waals surface area contributed by atoms with Crippen LogP contribution in [0.3, 0.4) is 0 Å². The Hall–Kier alpha value is -0.0500. The van der Waals surface area contributed by atoms with Gasteiger partial charge in [0.1, 0.15) is 0 Å². The number of carboxylic acids is 1. The molecule has 4 fully saturated rings. The predicted molar refractivity (Wildman–Crippen MR) is 65.6 cm³/mol. The summed E-state index contributed by atoms with van der Waals surface area (Å²) in [5.41, 5.74) is 0.195. The summed E-state index contributed by atoms with van der Waals surface area (Å²) in [6.07, 6.45) is 6.51. The average molecular weight is 287 g/mol. The molecule has 0 aromatic carbocycles. The van der Waals surface area contributed by atoms with Crippen LogP contribution in [0.4, 0.5) is 0 Å². The zero-order chi connectivity index (χ0) is 11.6. The van der Waals surface area contributed by atoms with Gasteiger partial charge in [-0.15, -0.1) is 0 Å². The van der Waals surface area contributed by atoms with E-state index >= 15 is 0 Å². The summed E-state index contributed by atoms with van der Waals surface area (Å²) in [7, 11) is 0. The summed E-state index contributed by atoms with van der Waals surface area (Å²) in [6.45, 7) is 2.31. The van der Waals surface area contributed by atoms with Gasteiger partial charge in [0.2, 0.25) is 0 Å². The highest BCUT2D eigenvalue weighted by molar-refractivity contribution is 9.09. The molecule has 0 aliphatic heterocycles. The van der Waals surface area contributed by atoms with Crippen LogP contribution >= 0.6 is 15.9 Å². The molecule has 4 atom stereocenters. The Balaban J connectivity index is 2.04. The number of carboxylic acid groups (broad SMARTS) is 1. The van der Waals surface area contributed by atoms with Crippen molar-refractivity contribution in [2.75, 3.05) is 5.33 Å². The minimum atomic E-state index is -0.534. The molecular formula is C13H19BrO2. The van der Waals surface area contributed by atoms with Crippen LogP contribution in [0.15, 0.2) is 0 Å². The van der Waals surface area contributed by atoms with E-state index in [0.29, 0.717) is 11.3 Å². The lowest BCUT2D eigenvalue weighted by Gasteiger charge is -2.64. The molecule has 3 heteroatoms. The van der Waals surface area contributed by atoms with Crippen molar-refractivity contribution in [1.29, 1.82) is 0 Å². The molecule has 4 saturated carbocycles. The summed E-state index contributed by atoms with van der Waals surface area (Å²) in [4.78, 5) is 11.6. The fourth-order valence-corrected chi connectivity index (χ4v) is 6.15. The summed E-state index contributed by atoms with van der Waals surface area (Å²) >= 11 is 3.64. The van der Waals surface area contributed by atoms with Crippen molar-refractivity contribution in [1.82, 2.24) is 0 Å². The molecule has 90 valence electrons. The number of halogens is 1. The lowest BCUT2D eigenvalue weighted by Crippen LogP contribution is -2.59. The fraction of sp³-hybridized carbons (Fsp3) is 0.923. The molecular weight excluding hydrogens is 268 g/mol. The Morgan fingerprint density at radius 1 is 1.31 bits per heavy atom. The predicted octanol–water partition coefficient (Wildman–Crippen LogP) is 3.44. The van der Waals surface area contributed by atoms with Crippen LogP contribution in [0.5, 0.6) is 0 Å². The van der Waals surface area contributed by atoms with Gasteiger partial charge in [-0.1, -0.05) is 22.9 Å². The van der Waals surface area contributed by atoms with Crippen molar-refractivity contribution in [2.24, 2.45) is 22.2 Å². The van der Waals surface area contributed by atoms with Crippen LogP contribution < -0.4 is 0 Å². The smallest absolute Gasteiger partial charge is 0.309 e. The van der Waals surface area contributed by atoms with Crippen molar-refractivity contribution >= 4 is 21.9 Å². The van der Waals surface area contributed by atoms with E-state index in [1.165, 1.54) is 19.3 Å². The fourth-order valence-electron chi connectivity index (χ4n) is 5.53. The number of hydrogen-bond acceptors (Lipinski definition) is 1. The highest BCUT2D eigenvalue weighted by atomic mass is 79.9. The zero-order valence-electron chi connectivity index (χ0n) is 9.76. The van der Waals surface area contributed by atoms with Gasteiger partial charge >= 0.3 is 5.97 Å². The van der Waals surface area contributed by atoms with Crippen LogP contribution in [0.1, 0.15) is 45.4 Å². The van der Waals surface area contributed by atoms with E-state index in [4.69, 9.17) is 0 Å². The molecule has 0 amide bonds. The van der Waals surface area contributed by atoms with Crippen molar-refractivity contribution in [3.05, 3.63) is 0 Å². The second-order valence-corrected chi connectivity index (χ2v) is 7.60. The Morgan fingerprint density at radius 3 is 2.62 bits per heavy atom. The zero-order valence-corrected chi connectivity index (χ0v) is 11.3. The van der Waals surface area contributed by atoms with E-state index in [1.807, 2.05) is 0 Å². The van der Waals surface area contributed by atoms with Crippen molar-refractivity contribution in [3.8, 4) is 0 Å². The van der Waals surface area contributed by atoms with Crippen LogP contribution in [-0.2, 0) is 4.79 Å². The molecule has 1 N–H and O–H groups in total. The molecule has 16 heavy (non-hydrogen) atoms. The van der Waals surface area contributed by atoms with Crippen LogP contribution in [0, 0.1) is 22.2 Å². The lowest BCUT2D eigenvalue weighted by molar-refractivity contribution is -0.184. The van der Waals surface area contributed by atoms with E-state index < -0.39 is 5.97 Å². The molecule has 4 rings (SSSR count). The second-order valence-electron chi connectivity index (χ2n) is 7.04. The number of carbonyl (C=O) groups is 1. The average Bonchev–Trinajstić information content (AvgIpc) is 2.13. The first-order valence-electron chi connectivity index (χ1n) is 6.21. The largest absolute Gasteiger partial charge is 0.481 e. The summed E-state index contributed by atoms with van der Waals surface area (Å²) in [5.74, 6) is 0.128. The van der Waals surface area contributed by atoms with E-state index in [2.05, 4.69) is 22.9 Å². The highest BCUT2D eigenvalue weighted by Gasteiger charge is 2.64. The van der Waals surface area contributed by atoms with Gasteiger partial charge in [0.25, 0.3) is 0 Å². The summed E-state index contributed by atoms with van der Waals surface area (Å²) in [6, 6.07) is 0. The molecule has 0 heterocycles. The van der Waals surface area contributed by atoms with Gasteiger partial charge in [-0.25, -0.2) is 0 Å². The van der Waals surface area contributed by atoms with Gasteiger partial charge < -0.3 is 5.11 Å². The maximum atomic E-state index is 11.6. The van der Waals surface area contributed by atoms with Gasteiger partial charge in [-0.05, 0) is 55.3 Å². The molecule has 4 aliphatic carbocycles. The molecule has 4 aliphatic rings. The van der Waals surface area contributed by atoms with Crippen LogP contribution in [-0.4, -0.2) is 16.4 Å². The maximum absolute atomic E-state index is 11.6. The van der Waals surface area contributed by atoms with Gasteiger partial charge in [0.15, 0.2) is 0 Å². The molecule has 0 radical (unpaired) electrons. The third-order valence-electron chi connectivity index (χ3n) is 5.20. The normalized spacial score (nSPS) is 54.2. The molecule has 0 saturated heterocycles. The van der Waals surface area contributed by atoms with Crippen molar-refractivity contribution in [3.63, 3.8) is 0 Å². The molecule has 4 bridgehead atoms. The first-order valence-corrected chi connectivity index (χ1v) is 7.33. The summed E-state index contributed by atoms with van der Waals surface area (Å²) < 4.78 is 0. The molecule has 0 aromatic rings. The first-order chi connectivity index (χ1) is 7.41. The van der Waals surface area contributed by atoms with Gasteiger partial charge in [0.05, 0.1) is 5.41 Å². The number of aliphatic carboxylic acids is 1. The van der Waals surface area contributed by atoms with Gasteiger partial charge in [-0.3, -0.25) is 4.79 Å². The van der Waals surface area contributed by atoms with Gasteiger partial charge in [0, 0.05) is 5.33 Å². The maximum Gasteiger partial charge on any atom is 0.309 e. The Kier molecular flexibility index (Phi) is 2.10. The monoisotopic (exact) mass is 286 g/mol. The number of alkyl halides is 1. The van der Waals surface area contributed by atoms with E-state index in [1.54, 1.807) is 0 Å². The van der Waals surface area contributed by atoms with E-state index in [9.17, 15) is 9.90 Å². The molecule has 0 unspecified atom stereocenters. The van der Waals surface area contributed by atoms with E-state index in [-0.39, 0.29) is 10.8 Å². The second kappa shape index (κ2) is 3.04. The topological polar surface area (TPSA) is 37.3 Å².